The van der Waals surface area contributed by atoms with Crippen LogP contribution in [0.1, 0.15) is 59.3 Å². The molecule has 110 valence electrons. The number of carboxylic acid groups (broad SMARTS) is 1. The SMILES string of the molecule is CC1CCC(C(=O)O)CN1CC1CCC(C)(C)CC1. The van der Waals surface area contributed by atoms with Crippen molar-refractivity contribution in [1.82, 2.24) is 4.90 Å². The predicted octanol–water partition coefficient (Wildman–Crippen LogP) is 3.39. The zero-order valence-corrected chi connectivity index (χ0v) is 12.7. The standard InChI is InChI=1S/C16H29NO2/c1-12-4-5-14(15(18)19)11-17(12)10-13-6-8-16(2,3)9-7-13/h12-14H,4-11H2,1-3H3,(H,18,19). The van der Waals surface area contributed by atoms with E-state index in [0.717, 1.165) is 31.8 Å². The number of hydrogen-bond acceptors (Lipinski definition) is 2. The Balaban J connectivity index is 1.85. The van der Waals surface area contributed by atoms with Gasteiger partial charge in [0.15, 0.2) is 0 Å². The summed E-state index contributed by atoms with van der Waals surface area (Å²) in [5.41, 5.74) is 0.521. The molecule has 0 aromatic carbocycles. The second kappa shape index (κ2) is 5.82. The molecule has 0 bridgehead atoms. The molecule has 2 rings (SSSR count). The summed E-state index contributed by atoms with van der Waals surface area (Å²) in [6.07, 6.45) is 7.16. The highest BCUT2D eigenvalue weighted by molar-refractivity contribution is 5.70. The van der Waals surface area contributed by atoms with Crippen molar-refractivity contribution in [3.05, 3.63) is 0 Å². The van der Waals surface area contributed by atoms with Crippen LogP contribution < -0.4 is 0 Å². The van der Waals surface area contributed by atoms with Crippen molar-refractivity contribution in [2.45, 2.75) is 65.3 Å². The maximum Gasteiger partial charge on any atom is 0.307 e. The molecule has 0 spiro atoms. The summed E-state index contributed by atoms with van der Waals surface area (Å²) in [5, 5.41) is 9.19. The average molecular weight is 267 g/mol. The number of aliphatic carboxylic acids is 1. The first-order valence-corrected chi connectivity index (χ1v) is 7.84. The van der Waals surface area contributed by atoms with Crippen molar-refractivity contribution in [2.24, 2.45) is 17.3 Å². The number of likely N-dealkylation sites (tertiary alicyclic amines) is 1. The monoisotopic (exact) mass is 267 g/mol. The van der Waals surface area contributed by atoms with Crippen molar-refractivity contribution in [2.75, 3.05) is 13.1 Å². The summed E-state index contributed by atoms with van der Waals surface area (Å²) in [7, 11) is 0. The second-order valence-electron chi connectivity index (χ2n) is 7.52. The summed E-state index contributed by atoms with van der Waals surface area (Å²) in [6.45, 7) is 8.86. The molecule has 1 aliphatic carbocycles. The molecule has 0 aromatic heterocycles. The molecule has 3 heteroatoms. The van der Waals surface area contributed by atoms with Crippen LogP contribution in [0, 0.1) is 17.3 Å². The maximum absolute atomic E-state index is 11.2. The van der Waals surface area contributed by atoms with Crippen LogP contribution in [0.25, 0.3) is 0 Å². The highest BCUT2D eigenvalue weighted by Crippen LogP contribution is 2.38. The number of carbonyl (C=O) groups is 1. The lowest BCUT2D eigenvalue weighted by Gasteiger charge is -2.41. The van der Waals surface area contributed by atoms with E-state index in [-0.39, 0.29) is 5.92 Å². The van der Waals surface area contributed by atoms with E-state index in [0.29, 0.717) is 11.5 Å². The first-order valence-electron chi connectivity index (χ1n) is 7.84. The average Bonchev–Trinajstić information content (AvgIpc) is 2.34. The Labute approximate surface area is 117 Å². The van der Waals surface area contributed by atoms with Crippen LogP contribution >= 0.6 is 0 Å². The van der Waals surface area contributed by atoms with Crippen molar-refractivity contribution in [1.29, 1.82) is 0 Å². The summed E-state index contributed by atoms with van der Waals surface area (Å²) in [5.74, 6) is 0.0286. The lowest BCUT2D eigenvalue weighted by atomic mass is 9.73. The van der Waals surface area contributed by atoms with Crippen LogP contribution in [0.4, 0.5) is 0 Å². The Kier molecular flexibility index (Phi) is 4.54. The molecular formula is C16H29NO2. The fourth-order valence-electron chi connectivity index (χ4n) is 3.61. The molecular weight excluding hydrogens is 238 g/mol. The fraction of sp³-hybridized carbons (Fsp3) is 0.938. The van der Waals surface area contributed by atoms with Gasteiger partial charge in [-0.25, -0.2) is 0 Å². The molecule has 0 aromatic rings. The topological polar surface area (TPSA) is 40.5 Å². The lowest BCUT2D eigenvalue weighted by Crippen LogP contribution is -2.46. The van der Waals surface area contributed by atoms with Gasteiger partial charge in [0.05, 0.1) is 5.92 Å². The zero-order valence-electron chi connectivity index (χ0n) is 12.7. The van der Waals surface area contributed by atoms with E-state index >= 15 is 0 Å². The summed E-state index contributed by atoms with van der Waals surface area (Å²) in [4.78, 5) is 13.6. The Bertz CT molecular complexity index is 317. The van der Waals surface area contributed by atoms with Gasteiger partial charge in [0, 0.05) is 19.1 Å². The molecule has 0 amide bonds. The molecule has 1 saturated carbocycles. The second-order valence-corrected chi connectivity index (χ2v) is 7.52. The molecule has 1 N–H and O–H groups in total. The minimum Gasteiger partial charge on any atom is -0.481 e. The molecule has 2 unspecified atom stereocenters. The van der Waals surface area contributed by atoms with Gasteiger partial charge in [0.1, 0.15) is 0 Å². The number of piperidine rings is 1. The van der Waals surface area contributed by atoms with E-state index in [4.69, 9.17) is 0 Å². The minimum absolute atomic E-state index is 0.142. The molecule has 1 heterocycles. The molecule has 2 aliphatic rings. The van der Waals surface area contributed by atoms with Gasteiger partial charge in [-0.15, -0.1) is 0 Å². The first-order chi connectivity index (χ1) is 8.87. The Morgan fingerprint density at radius 3 is 2.42 bits per heavy atom. The number of rotatable bonds is 3. The molecule has 1 saturated heterocycles. The molecule has 0 radical (unpaired) electrons. The zero-order chi connectivity index (χ0) is 14.0. The van der Waals surface area contributed by atoms with Gasteiger partial charge in [-0.1, -0.05) is 13.8 Å². The van der Waals surface area contributed by atoms with Crippen molar-refractivity contribution in [3.63, 3.8) is 0 Å². The molecule has 2 atom stereocenters. The molecule has 1 aliphatic heterocycles. The van der Waals surface area contributed by atoms with E-state index in [1.807, 2.05) is 0 Å². The number of carboxylic acids is 1. The van der Waals surface area contributed by atoms with Crippen molar-refractivity contribution >= 4 is 5.97 Å². The summed E-state index contributed by atoms with van der Waals surface area (Å²) in [6, 6.07) is 0.561. The van der Waals surface area contributed by atoms with Gasteiger partial charge in [-0.3, -0.25) is 9.69 Å². The van der Waals surface area contributed by atoms with E-state index < -0.39 is 5.97 Å². The highest BCUT2D eigenvalue weighted by Gasteiger charge is 2.33. The third-order valence-corrected chi connectivity index (χ3v) is 5.31. The van der Waals surface area contributed by atoms with Crippen LogP contribution in [0.2, 0.25) is 0 Å². The first kappa shape index (κ1) is 14.8. The van der Waals surface area contributed by atoms with E-state index in [9.17, 15) is 9.90 Å². The van der Waals surface area contributed by atoms with Crippen LogP contribution in [-0.2, 0) is 4.79 Å². The largest absolute Gasteiger partial charge is 0.481 e. The summed E-state index contributed by atoms with van der Waals surface area (Å²) < 4.78 is 0. The van der Waals surface area contributed by atoms with Crippen LogP contribution in [0.5, 0.6) is 0 Å². The quantitative estimate of drug-likeness (QED) is 0.852. The summed E-state index contributed by atoms with van der Waals surface area (Å²) >= 11 is 0. The smallest absolute Gasteiger partial charge is 0.307 e. The van der Waals surface area contributed by atoms with Gasteiger partial charge in [0.2, 0.25) is 0 Å². The highest BCUT2D eigenvalue weighted by atomic mass is 16.4. The lowest BCUT2D eigenvalue weighted by molar-refractivity contribution is -0.144. The van der Waals surface area contributed by atoms with E-state index in [2.05, 4.69) is 25.7 Å². The predicted molar refractivity (Wildman–Crippen MR) is 77.1 cm³/mol. The van der Waals surface area contributed by atoms with Gasteiger partial charge in [0.25, 0.3) is 0 Å². The molecule has 3 nitrogen and oxygen atoms in total. The van der Waals surface area contributed by atoms with E-state index in [1.165, 1.54) is 25.7 Å². The van der Waals surface area contributed by atoms with E-state index in [1.54, 1.807) is 0 Å². The third-order valence-electron chi connectivity index (χ3n) is 5.31. The Morgan fingerprint density at radius 2 is 1.84 bits per heavy atom. The molecule has 2 fully saturated rings. The Morgan fingerprint density at radius 1 is 1.21 bits per heavy atom. The van der Waals surface area contributed by atoms with Crippen LogP contribution in [0.15, 0.2) is 0 Å². The van der Waals surface area contributed by atoms with Crippen LogP contribution in [0.3, 0.4) is 0 Å². The molecule has 19 heavy (non-hydrogen) atoms. The van der Waals surface area contributed by atoms with Crippen LogP contribution in [-0.4, -0.2) is 35.1 Å². The van der Waals surface area contributed by atoms with Gasteiger partial charge >= 0.3 is 5.97 Å². The Hall–Kier alpha value is -0.570. The van der Waals surface area contributed by atoms with Crippen molar-refractivity contribution in [3.8, 4) is 0 Å². The third kappa shape index (κ3) is 3.95. The number of nitrogens with zero attached hydrogens (tertiary/aromatic N) is 1. The van der Waals surface area contributed by atoms with Gasteiger partial charge in [-0.05, 0) is 56.8 Å². The maximum atomic E-state index is 11.2. The minimum atomic E-state index is -0.610. The van der Waals surface area contributed by atoms with Gasteiger partial charge in [-0.2, -0.15) is 0 Å². The number of hydrogen-bond donors (Lipinski definition) is 1. The normalized spacial score (nSPS) is 33.2. The van der Waals surface area contributed by atoms with Crippen molar-refractivity contribution < 1.29 is 9.90 Å². The fourth-order valence-corrected chi connectivity index (χ4v) is 3.61. The van der Waals surface area contributed by atoms with Gasteiger partial charge < -0.3 is 5.11 Å².